The summed E-state index contributed by atoms with van der Waals surface area (Å²) in [6.45, 7) is 13.2. The van der Waals surface area contributed by atoms with Gasteiger partial charge in [-0.1, -0.05) is 86.6 Å². The van der Waals surface area contributed by atoms with Crippen LogP contribution in [0.1, 0.15) is 47.2 Å². The van der Waals surface area contributed by atoms with Crippen molar-refractivity contribution in [2.45, 2.75) is 47.0 Å². The molecule has 0 atom stereocenters. The van der Waals surface area contributed by atoms with Crippen molar-refractivity contribution in [3.8, 4) is 0 Å². The second-order valence-corrected chi connectivity index (χ2v) is 12.7. The summed E-state index contributed by atoms with van der Waals surface area (Å²) in [6, 6.07) is 53.0. The molecule has 6 aromatic rings. The van der Waals surface area contributed by atoms with Crippen LogP contribution in [0.2, 0.25) is 0 Å². The van der Waals surface area contributed by atoms with E-state index >= 15 is 0 Å². The average Bonchev–Trinajstić information content (AvgIpc) is 3.02. The van der Waals surface area contributed by atoms with E-state index in [0.29, 0.717) is 0 Å². The molecule has 0 aliphatic heterocycles. The van der Waals surface area contributed by atoms with Gasteiger partial charge in [0.1, 0.15) is 0 Å². The molecule has 0 radical (unpaired) electrons. The molecule has 2 nitrogen and oxygen atoms in total. The van der Waals surface area contributed by atoms with E-state index in [2.05, 4.69) is 197 Å². The molecule has 0 amide bonds. The van der Waals surface area contributed by atoms with Crippen molar-refractivity contribution < 1.29 is 0 Å². The van der Waals surface area contributed by atoms with Gasteiger partial charge in [0.05, 0.1) is 0 Å². The lowest BCUT2D eigenvalue weighted by atomic mass is 9.78. The van der Waals surface area contributed by atoms with Crippen LogP contribution in [0.5, 0.6) is 0 Å². The van der Waals surface area contributed by atoms with E-state index in [1.807, 2.05) is 0 Å². The summed E-state index contributed by atoms with van der Waals surface area (Å²) in [5.41, 5.74) is 14.3. The third-order valence-corrected chi connectivity index (χ3v) is 8.73. The largest absolute Gasteiger partial charge is 0.310 e. The zero-order valence-corrected chi connectivity index (χ0v) is 27.3. The highest BCUT2D eigenvalue weighted by Crippen LogP contribution is 2.40. The molecule has 0 unspecified atom stereocenters. The van der Waals surface area contributed by atoms with Gasteiger partial charge in [-0.05, 0) is 134 Å². The van der Waals surface area contributed by atoms with Gasteiger partial charge in [0.15, 0.2) is 0 Å². The van der Waals surface area contributed by atoms with E-state index in [4.69, 9.17) is 0 Å². The SMILES string of the molecule is Cc1cccc(N(c2ccc(C(C)(C)c3ccc(N(c4cccc(C)c4)c4cccc(C)c4)cc3)cc2)c2cccc(C)c2)c1. The lowest BCUT2D eigenvalue weighted by Gasteiger charge is -2.30. The summed E-state index contributed by atoms with van der Waals surface area (Å²) in [6.07, 6.45) is 0. The Morgan fingerprint density at radius 3 is 0.844 bits per heavy atom. The van der Waals surface area contributed by atoms with E-state index < -0.39 is 0 Å². The maximum Gasteiger partial charge on any atom is 0.0464 e. The van der Waals surface area contributed by atoms with Crippen LogP contribution in [0.4, 0.5) is 34.1 Å². The summed E-state index contributed by atoms with van der Waals surface area (Å²) in [7, 11) is 0. The number of nitrogens with zero attached hydrogens (tertiary/aromatic N) is 2. The summed E-state index contributed by atoms with van der Waals surface area (Å²) >= 11 is 0. The molecule has 0 aromatic heterocycles. The van der Waals surface area contributed by atoms with Gasteiger partial charge < -0.3 is 9.80 Å². The molecule has 224 valence electrons. The van der Waals surface area contributed by atoms with Crippen LogP contribution in [0, 0.1) is 27.7 Å². The summed E-state index contributed by atoms with van der Waals surface area (Å²) in [4.78, 5) is 4.69. The van der Waals surface area contributed by atoms with Crippen molar-refractivity contribution in [3.05, 3.63) is 179 Å². The standard InChI is InChI=1S/C43H42N2/c1-31-11-7-15-39(27-31)44(40-16-8-12-32(2)28-40)37-23-19-35(20-24-37)43(5,6)36-21-25-38(26-22-36)45(41-17-9-13-33(3)29-41)42-18-10-14-34(4)30-42/h7-30H,1-6H3. The Balaban J connectivity index is 1.33. The predicted octanol–water partition coefficient (Wildman–Crippen LogP) is 12.2. The third kappa shape index (κ3) is 6.42. The van der Waals surface area contributed by atoms with Gasteiger partial charge in [-0.25, -0.2) is 0 Å². The van der Waals surface area contributed by atoms with E-state index in [1.54, 1.807) is 0 Å². The first-order valence-electron chi connectivity index (χ1n) is 15.8. The molecule has 0 aliphatic rings. The summed E-state index contributed by atoms with van der Waals surface area (Å²) in [5, 5.41) is 0. The average molecular weight is 587 g/mol. The number of rotatable bonds is 8. The van der Waals surface area contributed by atoms with E-state index in [-0.39, 0.29) is 5.41 Å². The third-order valence-electron chi connectivity index (χ3n) is 8.73. The number of benzene rings is 6. The molecule has 0 N–H and O–H groups in total. The Kier molecular flexibility index (Phi) is 8.32. The van der Waals surface area contributed by atoms with Gasteiger partial charge in [-0.15, -0.1) is 0 Å². The normalized spacial score (nSPS) is 11.3. The lowest BCUT2D eigenvalue weighted by molar-refractivity contribution is 0.641. The maximum absolute atomic E-state index is 2.34. The fraction of sp³-hybridized carbons (Fsp3) is 0.163. The van der Waals surface area contributed by atoms with Crippen LogP contribution in [0.25, 0.3) is 0 Å². The van der Waals surface area contributed by atoms with Gasteiger partial charge in [0, 0.05) is 39.5 Å². The second-order valence-electron chi connectivity index (χ2n) is 12.7. The number of hydrogen-bond acceptors (Lipinski definition) is 2. The van der Waals surface area contributed by atoms with Crippen molar-refractivity contribution in [3.63, 3.8) is 0 Å². The topological polar surface area (TPSA) is 6.48 Å². The molecule has 45 heavy (non-hydrogen) atoms. The predicted molar refractivity (Wildman–Crippen MR) is 193 cm³/mol. The van der Waals surface area contributed by atoms with Crippen molar-refractivity contribution in [1.29, 1.82) is 0 Å². The highest BCUT2D eigenvalue weighted by atomic mass is 15.1. The molecule has 6 rings (SSSR count). The van der Waals surface area contributed by atoms with Crippen molar-refractivity contribution in [1.82, 2.24) is 0 Å². The fourth-order valence-corrected chi connectivity index (χ4v) is 6.18. The first-order chi connectivity index (χ1) is 21.7. The maximum atomic E-state index is 2.34. The second kappa shape index (κ2) is 12.5. The summed E-state index contributed by atoms with van der Waals surface area (Å²) in [5.74, 6) is 0. The monoisotopic (exact) mass is 586 g/mol. The van der Waals surface area contributed by atoms with Crippen LogP contribution >= 0.6 is 0 Å². The fourth-order valence-electron chi connectivity index (χ4n) is 6.18. The number of anilines is 6. The first kappa shape index (κ1) is 30.0. The molecule has 2 heteroatoms. The smallest absolute Gasteiger partial charge is 0.0464 e. The minimum atomic E-state index is -0.175. The van der Waals surface area contributed by atoms with Crippen LogP contribution in [0.15, 0.2) is 146 Å². The Bertz CT molecular complexity index is 1680. The molecule has 6 aromatic carbocycles. The van der Waals surface area contributed by atoms with Crippen molar-refractivity contribution in [2.75, 3.05) is 9.80 Å². The lowest BCUT2D eigenvalue weighted by Crippen LogP contribution is -2.19. The number of aryl methyl sites for hydroxylation is 4. The molecule has 0 fully saturated rings. The number of hydrogen-bond donors (Lipinski definition) is 0. The summed E-state index contributed by atoms with van der Waals surface area (Å²) < 4.78 is 0. The van der Waals surface area contributed by atoms with Gasteiger partial charge in [-0.3, -0.25) is 0 Å². The van der Waals surface area contributed by atoms with E-state index in [9.17, 15) is 0 Å². The molecular weight excluding hydrogens is 544 g/mol. The van der Waals surface area contributed by atoms with E-state index in [1.165, 1.54) is 33.4 Å². The molecule has 0 saturated carbocycles. The Morgan fingerprint density at radius 2 is 0.600 bits per heavy atom. The van der Waals surface area contributed by atoms with Crippen LogP contribution in [-0.2, 0) is 5.41 Å². The van der Waals surface area contributed by atoms with Gasteiger partial charge in [0.2, 0.25) is 0 Å². The molecule has 0 spiro atoms. The molecule has 0 heterocycles. The van der Waals surface area contributed by atoms with Crippen molar-refractivity contribution in [2.24, 2.45) is 0 Å². The van der Waals surface area contributed by atoms with Crippen LogP contribution < -0.4 is 9.80 Å². The van der Waals surface area contributed by atoms with Gasteiger partial charge in [-0.2, -0.15) is 0 Å². The van der Waals surface area contributed by atoms with E-state index in [0.717, 1.165) is 34.1 Å². The van der Waals surface area contributed by atoms with Crippen molar-refractivity contribution >= 4 is 34.1 Å². The first-order valence-corrected chi connectivity index (χ1v) is 15.8. The highest BCUT2D eigenvalue weighted by Gasteiger charge is 2.24. The zero-order chi connectivity index (χ0) is 31.6. The van der Waals surface area contributed by atoms with Crippen LogP contribution in [-0.4, -0.2) is 0 Å². The Labute approximate surface area is 269 Å². The highest BCUT2D eigenvalue weighted by molar-refractivity contribution is 5.78. The Hall–Kier alpha value is -5.08. The molecular formula is C43H42N2. The minimum Gasteiger partial charge on any atom is -0.310 e. The zero-order valence-electron chi connectivity index (χ0n) is 27.3. The van der Waals surface area contributed by atoms with Gasteiger partial charge >= 0.3 is 0 Å². The minimum absolute atomic E-state index is 0.175. The van der Waals surface area contributed by atoms with Gasteiger partial charge in [0.25, 0.3) is 0 Å². The molecule has 0 saturated heterocycles. The Morgan fingerprint density at radius 1 is 0.333 bits per heavy atom. The van der Waals surface area contributed by atoms with Crippen LogP contribution in [0.3, 0.4) is 0 Å². The quantitative estimate of drug-likeness (QED) is 0.175. The molecule has 0 aliphatic carbocycles. The molecule has 0 bridgehead atoms.